The standard InChI is InChI=1S/C17H15F3N2O4S/c1-27-15-6-5-12(8-14(15)22(24)25)16(23)21-9-11-3-2-4-13(7-11)26-10-17(18,19)20/h2-8H,9-10H2,1H3,(H,21,23). The smallest absolute Gasteiger partial charge is 0.422 e. The van der Waals surface area contributed by atoms with E-state index >= 15 is 0 Å². The van der Waals surface area contributed by atoms with Crippen molar-refractivity contribution >= 4 is 23.4 Å². The Hall–Kier alpha value is -2.75. The topological polar surface area (TPSA) is 81.5 Å². The molecule has 2 aromatic carbocycles. The fraction of sp³-hybridized carbons (Fsp3) is 0.235. The van der Waals surface area contributed by atoms with Gasteiger partial charge in [0.1, 0.15) is 5.75 Å². The number of alkyl halides is 3. The Kier molecular flexibility index (Phi) is 6.67. The van der Waals surface area contributed by atoms with Crippen LogP contribution in [0.3, 0.4) is 0 Å². The molecule has 10 heteroatoms. The van der Waals surface area contributed by atoms with Crippen LogP contribution in [0.15, 0.2) is 47.4 Å². The summed E-state index contributed by atoms with van der Waals surface area (Å²) >= 11 is 1.19. The largest absolute Gasteiger partial charge is 0.484 e. The fourth-order valence-corrected chi connectivity index (χ4v) is 2.72. The number of carbonyl (C=O) groups excluding carboxylic acids is 1. The average molecular weight is 400 g/mol. The molecule has 2 aromatic rings. The highest BCUT2D eigenvalue weighted by molar-refractivity contribution is 7.98. The molecule has 144 valence electrons. The van der Waals surface area contributed by atoms with Crippen LogP contribution in [0.4, 0.5) is 18.9 Å². The Balaban J connectivity index is 2.03. The third kappa shape index (κ3) is 6.17. The highest BCUT2D eigenvalue weighted by atomic mass is 32.2. The van der Waals surface area contributed by atoms with Gasteiger partial charge in [-0.1, -0.05) is 12.1 Å². The number of benzene rings is 2. The van der Waals surface area contributed by atoms with Crippen molar-refractivity contribution in [2.24, 2.45) is 0 Å². The maximum absolute atomic E-state index is 12.2. The SMILES string of the molecule is CSc1ccc(C(=O)NCc2cccc(OCC(F)(F)F)c2)cc1[N+](=O)[O-]. The molecule has 0 atom stereocenters. The first-order valence-electron chi connectivity index (χ1n) is 7.59. The van der Waals surface area contributed by atoms with Crippen molar-refractivity contribution in [1.82, 2.24) is 5.32 Å². The molecule has 0 aliphatic rings. The van der Waals surface area contributed by atoms with E-state index in [1.165, 1.54) is 48.2 Å². The van der Waals surface area contributed by atoms with E-state index in [9.17, 15) is 28.1 Å². The van der Waals surface area contributed by atoms with Gasteiger partial charge >= 0.3 is 6.18 Å². The number of rotatable bonds is 7. The summed E-state index contributed by atoms with van der Waals surface area (Å²) < 4.78 is 41.2. The van der Waals surface area contributed by atoms with Crippen molar-refractivity contribution < 1.29 is 27.6 Å². The summed E-state index contributed by atoms with van der Waals surface area (Å²) in [6.45, 7) is -1.38. The normalized spacial score (nSPS) is 11.1. The Morgan fingerprint density at radius 2 is 2.00 bits per heavy atom. The van der Waals surface area contributed by atoms with Gasteiger partial charge in [0, 0.05) is 18.2 Å². The van der Waals surface area contributed by atoms with Crippen molar-refractivity contribution in [3.8, 4) is 5.75 Å². The van der Waals surface area contributed by atoms with Crippen LogP contribution in [0.1, 0.15) is 15.9 Å². The maximum Gasteiger partial charge on any atom is 0.422 e. The molecule has 2 rings (SSSR count). The average Bonchev–Trinajstić information content (AvgIpc) is 2.63. The lowest BCUT2D eigenvalue weighted by Crippen LogP contribution is -2.23. The molecule has 0 aromatic heterocycles. The second-order valence-electron chi connectivity index (χ2n) is 5.38. The van der Waals surface area contributed by atoms with Crippen LogP contribution in [0.5, 0.6) is 5.75 Å². The van der Waals surface area contributed by atoms with Gasteiger partial charge in [0.15, 0.2) is 6.61 Å². The third-order valence-corrected chi connectivity index (χ3v) is 4.18. The van der Waals surface area contributed by atoms with E-state index in [0.717, 1.165) is 0 Å². The number of nitro benzene ring substituents is 1. The summed E-state index contributed by atoms with van der Waals surface area (Å²) in [6.07, 6.45) is -2.75. The van der Waals surface area contributed by atoms with Crippen molar-refractivity contribution in [1.29, 1.82) is 0 Å². The van der Waals surface area contributed by atoms with Crippen LogP contribution in [0.25, 0.3) is 0 Å². The molecule has 0 fully saturated rings. The number of nitrogens with zero attached hydrogens (tertiary/aromatic N) is 1. The van der Waals surface area contributed by atoms with Gasteiger partial charge in [-0.2, -0.15) is 13.2 Å². The van der Waals surface area contributed by atoms with E-state index in [2.05, 4.69) is 10.1 Å². The molecule has 0 saturated heterocycles. The highest BCUT2D eigenvalue weighted by Gasteiger charge is 2.28. The number of ether oxygens (including phenoxy) is 1. The summed E-state index contributed by atoms with van der Waals surface area (Å²) in [5, 5.41) is 13.6. The zero-order chi connectivity index (χ0) is 20.0. The Morgan fingerprint density at radius 1 is 1.26 bits per heavy atom. The Bertz CT molecular complexity index is 843. The summed E-state index contributed by atoms with van der Waals surface area (Å²) in [7, 11) is 0. The molecule has 0 aliphatic carbocycles. The minimum Gasteiger partial charge on any atom is -0.484 e. The highest BCUT2D eigenvalue weighted by Crippen LogP contribution is 2.28. The van der Waals surface area contributed by atoms with Gasteiger partial charge in [0.25, 0.3) is 11.6 Å². The molecular formula is C17H15F3N2O4S. The second kappa shape index (κ2) is 8.76. The van der Waals surface area contributed by atoms with Crippen molar-refractivity contribution in [2.45, 2.75) is 17.6 Å². The number of halogens is 3. The van der Waals surface area contributed by atoms with Crippen LogP contribution in [-0.4, -0.2) is 29.9 Å². The molecule has 0 bridgehead atoms. The summed E-state index contributed by atoms with van der Waals surface area (Å²) in [5.41, 5.74) is 0.472. The number of hydrogen-bond donors (Lipinski definition) is 1. The van der Waals surface area contributed by atoms with Gasteiger partial charge in [-0.25, -0.2) is 0 Å². The van der Waals surface area contributed by atoms with E-state index in [0.29, 0.717) is 10.5 Å². The van der Waals surface area contributed by atoms with Crippen LogP contribution in [0, 0.1) is 10.1 Å². The Morgan fingerprint density at radius 3 is 2.63 bits per heavy atom. The molecule has 6 nitrogen and oxygen atoms in total. The van der Waals surface area contributed by atoms with Gasteiger partial charge in [0.2, 0.25) is 0 Å². The molecule has 27 heavy (non-hydrogen) atoms. The third-order valence-electron chi connectivity index (χ3n) is 3.39. The summed E-state index contributed by atoms with van der Waals surface area (Å²) in [6, 6.07) is 10.0. The van der Waals surface area contributed by atoms with Crippen LogP contribution >= 0.6 is 11.8 Å². The number of carbonyl (C=O) groups is 1. The molecule has 1 N–H and O–H groups in total. The first-order valence-corrected chi connectivity index (χ1v) is 8.81. The molecule has 1 amide bonds. The van der Waals surface area contributed by atoms with Crippen molar-refractivity contribution in [2.75, 3.05) is 12.9 Å². The number of hydrogen-bond acceptors (Lipinski definition) is 5. The van der Waals surface area contributed by atoms with Gasteiger partial charge in [-0.3, -0.25) is 14.9 Å². The van der Waals surface area contributed by atoms with E-state index in [4.69, 9.17) is 0 Å². The summed E-state index contributed by atoms with van der Waals surface area (Å²) in [4.78, 5) is 23.2. The van der Waals surface area contributed by atoms with Gasteiger partial charge in [-0.15, -0.1) is 11.8 Å². The van der Waals surface area contributed by atoms with Gasteiger partial charge in [0.05, 0.1) is 9.82 Å². The second-order valence-corrected chi connectivity index (χ2v) is 6.23. The molecular weight excluding hydrogens is 385 g/mol. The first-order chi connectivity index (χ1) is 12.7. The number of nitro groups is 1. The molecule has 0 heterocycles. The predicted octanol–water partition coefficient (Wildman–Crippen LogP) is 4.19. The maximum atomic E-state index is 12.2. The van der Waals surface area contributed by atoms with E-state index in [1.54, 1.807) is 12.3 Å². The molecule has 0 aliphatic heterocycles. The zero-order valence-electron chi connectivity index (χ0n) is 14.1. The zero-order valence-corrected chi connectivity index (χ0v) is 14.9. The van der Waals surface area contributed by atoms with Crippen LogP contribution in [0.2, 0.25) is 0 Å². The molecule has 0 unspecified atom stereocenters. The predicted molar refractivity (Wildman–Crippen MR) is 94.0 cm³/mol. The Labute approximate surface area is 156 Å². The quantitative estimate of drug-likeness (QED) is 0.428. The number of nitrogens with one attached hydrogen (secondary N) is 1. The minimum absolute atomic E-state index is 0.0269. The number of amides is 1. The fourth-order valence-electron chi connectivity index (χ4n) is 2.17. The van der Waals surface area contributed by atoms with E-state index in [1.807, 2.05) is 0 Å². The molecule has 0 saturated carbocycles. The van der Waals surface area contributed by atoms with E-state index in [-0.39, 0.29) is 23.5 Å². The minimum atomic E-state index is -4.44. The van der Waals surface area contributed by atoms with E-state index < -0.39 is 23.6 Å². The lowest BCUT2D eigenvalue weighted by atomic mass is 10.1. The van der Waals surface area contributed by atoms with Gasteiger partial charge < -0.3 is 10.1 Å². The van der Waals surface area contributed by atoms with Crippen molar-refractivity contribution in [3.05, 3.63) is 63.7 Å². The molecule has 0 radical (unpaired) electrons. The lowest BCUT2D eigenvalue weighted by Gasteiger charge is -2.11. The molecule has 0 spiro atoms. The monoisotopic (exact) mass is 400 g/mol. The van der Waals surface area contributed by atoms with Gasteiger partial charge in [-0.05, 0) is 36.1 Å². The van der Waals surface area contributed by atoms with Crippen molar-refractivity contribution in [3.63, 3.8) is 0 Å². The number of thioether (sulfide) groups is 1. The van der Waals surface area contributed by atoms with Crippen LogP contribution < -0.4 is 10.1 Å². The van der Waals surface area contributed by atoms with Crippen LogP contribution in [-0.2, 0) is 6.54 Å². The lowest BCUT2D eigenvalue weighted by molar-refractivity contribution is -0.387. The summed E-state index contributed by atoms with van der Waals surface area (Å²) in [5.74, 6) is -0.508. The first kappa shape index (κ1) is 20.6.